The molecule has 1 fully saturated rings. The zero-order valence-corrected chi connectivity index (χ0v) is 21.5. The van der Waals surface area contributed by atoms with Crippen molar-refractivity contribution in [3.05, 3.63) is 41.7 Å². The van der Waals surface area contributed by atoms with E-state index in [1.165, 1.54) is 39.7 Å². The molecule has 2 N–H and O–H groups in total. The van der Waals surface area contributed by atoms with Gasteiger partial charge in [-0.25, -0.2) is 18.4 Å². The van der Waals surface area contributed by atoms with Crippen molar-refractivity contribution < 1.29 is 17.9 Å². The van der Waals surface area contributed by atoms with E-state index in [-0.39, 0.29) is 10.6 Å². The third-order valence-corrected chi connectivity index (χ3v) is 8.46. The number of pyridine rings is 1. The van der Waals surface area contributed by atoms with Gasteiger partial charge < -0.3 is 14.8 Å². The van der Waals surface area contributed by atoms with Crippen LogP contribution < -0.4 is 19.5 Å². The lowest BCUT2D eigenvalue weighted by atomic mass is 9.96. The third-order valence-electron chi connectivity index (χ3n) is 5.92. The summed E-state index contributed by atoms with van der Waals surface area (Å²) in [4.78, 5) is 9.83. The fourth-order valence-corrected chi connectivity index (χ4v) is 6.49. The monoisotopic (exact) mass is 502 g/mol. The Bertz CT molecular complexity index is 1270. The molecule has 182 valence electrons. The van der Waals surface area contributed by atoms with Crippen molar-refractivity contribution in [3.63, 3.8) is 0 Å². The highest BCUT2D eigenvalue weighted by Crippen LogP contribution is 2.37. The Hall–Kier alpha value is -2.85. The summed E-state index contributed by atoms with van der Waals surface area (Å²) in [5.41, 5.74) is 2.71. The number of nitrogens with zero attached hydrogens (tertiary/aromatic N) is 2. The van der Waals surface area contributed by atoms with Gasteiger partial charge >= 0.3 is 0 Å². The van der Waals surface area contributed by atoms with Gasteiger partial charge in [0, 0.05) is 11.6 Å². The topological polar surface area (TPSA) is 102 Å². The van der Waals surface area contributed by atoms with Crippen LogP contribution in [0, 0.1) is 13.8 Å². The Morgan fingerprint density at radius 3 is 2.50 bits per heavy atom. The number of hydrogen-bond donors (Lipinski definition) is 2. The quantitative estimate of drug-likeness (QED) is 0.426. The predicted octanol–water partition coefficient (Wildman–Crippen LogP) is 5.38. The number of thiazole rings is 1. The molecule has 0 bridgehead atoms. The maximum absolute atomic E-state index is 13.3. The molecule has 1 aliphatic rings. The zero-order chi connectivity index (χ0) is 24.3. The summed E-state index contributed by atoms with van der Waals surface area (Å²) in [6, 6.07) is 7.30. The van der Waals surface area contributed by atoms with E-state index < -0.39 is 10.0 Å². The second-order valence-electron chi connectivity index (χ2n) is 8.43. The van der Waals surface area contributed by atoms with E-state index in [0.717, 1.165) is 39.7 Å². The molecule has 1 aliphatic carbocycles. The molecule has 2 aromatic heterocycles. The summed E-state index contributed by atoms with van der Waals surface area (Å²) in [6.45, 7) is 3.75. The number of methoxy groups -OCH3 is 2. The number of aromatic nitrogens is 2. The van der Waals surface area contributed by atoms with Crippen LogP contribution in [0.5, 0.6) is 11.6 Å². The normalized spacial score (nSPS) is 14.6. The van der Waals surface area contributed by atoms with Crippen LogP contribution in [0.15, 0.2) is 35.4 Å². The summed E-state index contributed by atoms with van der Waals surface area (Å²) in [5, 5.41) is 4.43. The molecule has 0 unspecified atom stereocenters. The van der Waals surface area contributed by atoms with Crippen LogP contribution in [0.25, 0.3) is 10.4 Å². The van der Waals surface area contributed by atoms with E-state index in [0.29, 0.717) is 17.6 Å². The molecule has 3 aromatic rings. The van der Waals surface area contributed by atoms with Crippen LogP contribution in [0.4, 0.5) is 10.8 Å². The Morgan fingerprint density at radius 2 is 1.82 bits per heavy atom. The average Bonchev–Trinajstić information content (AvgIpc) is 3.19. The van der Waals surface area contributed by atoms with Crippen LogP contribution in [-0.4, -0.2) is 38.6 Å². The molecule has 0 atom stereocenters. The first-order chi connectivity index (χ1) is 16.3. The lowest BCUT2D eigenvalue weighted by Crippen LogP contribution is -2.21. The predicted molar refractivity (Wildman–Crippen MR) is 136 cm³/mol. The first-order valence-corrected chi connectivity index (χ1v) is 13.6. The van der Waals surface area contributed by atoms with Crippen LogP contribution >= 0.6 is 11.3 Å². The lowest BCUT2D eigenvalue weighted by molar-refractivity contribution is 0.394. The molecule has 0 amide bonds. The standard InChI is InChI=1S/C24H30N4O4S2/c1-15-12-19(14-25-23(15)32-4)28-34(29,30)21-13-17(10-11-20(21)31-3)22-16(2)26-24(33-22)27-18-8-6-5-7-9-18/h10-14,18,28H,5-9H2,1-4H3,(H,26,27). The largest absolute Gasteiger partial charge is 0.495 e. The number of aryl methyl sites for hydroxylation is 2. The maximum atomic E-state index is 13.3. The van der Waals surface area contributed by atoms with Crippen molar-refractivity contribution in [2.75, 3.05) is 24.3 Å². The Morgan fingerprint density at radius 1 is 1.06 bits per heavy atom. The van der Waals surface area contributed by atoms with Crippen molar-refractivity contribution in [3.8, 4) is 22.1 Å². The maximum Gasteiger partial charge on any atom is 0.265 e. The number of rotatable bonds is 8. The van der Waals surface area contributed by atoms with Gasteiger partial charge in [-0.05, 0) is 56.5 Å². The molecule has 4 rings (SSSR count). The highest BCUT2D eigenvalue weighted by atomic mass is 32.2. The second kappa shape index (κ2) is 10.2. The molecule has 2 heterocycles. The van der Waals surface area contributed by atoms with E-state index >= 15 is 0 Å². The highest BCUT2D eigenvalue weighted by Gasteiger charge is 2.23. The fourth-order valence-electron chi connectivity index (χ4n) is 4.22. The molecule has 1 saturated carbocycles. The van der Waals surface area contributed by atoms with Gasteiger partial charge in [0.15, 0.2) is 5.13 Å². The first kappa shape index (κ1) is 24.3. The summed E-state index contributed by atoms with van der Waals surface area (Å²) in [5.74, 6) is 0.706. The molecular formula is C24H30N4O4S2. The fraction of sp³-hybridized carbons (Fsp3) is 0.417. The van der Waals surface area contributed by atoms with E-state index in [2.05, 4.69) is 15.0 Å². The summed E-state index contributed by atoms with van der Waals surface area (Å²) >= 11 is 1.55. The first-order valence-electron chi connectivity index (χ1n) is 11.3. The molecule has 0 spiro atoms. The van der Waals surface area contributed by atoms with Gasteiger partial charge in [-0.15, -0.1) is 0 Å². The molecule has 8 nitrogen and oxygen atoms in total. The minimum atomic E-state index is -3.94. The average molecular weight is 503 g/mol. The molecule has 0 aliphatic heterocycles. The van der Waals surface area contributed by atoms with Crippen molar-refractivity contribution in [2.45, 2.75) is 56.9 Å². The molecule has 10 heteroatoms. The molecule has 0 radical (unpaired) electrons. The van der Waals surface area contributed by atoms with E-state index in [4.69, 9.17) is 14.5 Å². The Labute approximate surface area is 204 Å². The van der Waals surface area contributed by atoms with Gasteiger partial charge in [0.25, 0.3) is 10.0 Å². The molecule has 0 saturated heterocycles. The SMILES string of the molecule is COc1ccc(-c2sc(NC3CCCCC3)nc2C)cc1S(=O)(=O)Nc1cnc(OC)c(C)c1. The van der Waals surface area contributed by atoms with Crippen molar-refractivity contribution >= 4 is 32.2 Å². The second-order valence-corrected chi connectivity index (χ2v) is 11.1. The number of anilines is 2. The number of ether oxygens (including phenoxy) is 2. The number of nitrogens with one attached hydrogen (secondary N) is 2. The Balaban J connectivity index is 1.63. The van der Waals surface area contributed by atoms with Gasteiger partial charge in [-0.2, -0.15) is 0 Å². The molecule has 34 heavy (non-hydrogen) atoms. The van der Waals surface area contributed by atoms with Gasteiger partial charge in [-0.3, -0.25) is 4.72 Å². The van der Waals surface area contributed by atoms with Gasteiger partial charge in [0.1, 0.15) is 10.6 Å². The van der Waals surface area contributed by atoms with Crippen LogP contribution in [0.3, 0.4) is 0 Å². The smallest absolute Gasteiger partial charge is 0.265 e. The van der Waals surface area contributed by atoms with Gasteiger partial charge in [-0.1, -0.05) is 30.6 Å². The van der Waals surface area contributed by atoms with Gasteiger partial charge in [0.05, 0.1) is 36.7 Å². The van der Waals surface area contributed by atoms with Gasteiger partial charge in [0.2, 0.25) is 5.88 Å². The van der Waals surface area contributed by atoms with E-state index in [9.17, 15) is 8.42 Å². The summed E-state index contributed by atoms with van der Waals surface area (Å²) in [6.07, 6.45) is 7.52. The van der Waals surface area contributed by atoms with Crippen LogP contribution in [0.2, 0.25) is 0 Å². The van der Waals surface area contributed by atoms with E-state index in [1.54, 1.807) is 36.5 Å². The van der Waals surface area contributed by atoms with Crippen molar-refractivity contribution in [1.82, 2.24) is 9.97 Å². The highest BCUT2D eigenvalue weighted by molar-refractivity contribution is 7.92. The van der Waals surface area contributed by atoms with E-state index in [1.807, 2.05) is 13.0 Å². The van der Waals surface area contributed by atoms with Crippen molar-refractivity contribution in [2.24, 2.45) is 0 Å². The molecule has 1 aromatic carbocycles. The number of sulfonamides is 1. The summed E-state index contributed by atoms with van der Waals surface area (Å²) in [7, 11) is -0.962. The summed E-state index contributed by atoms with van der Waals surface area (Å²) < 4.78 is 39.8. The minimum Gasteiger partial charge on any atom is -0.495 e. The molecular weight excluding hydrogens is 472 g/mol. The van der Waals surface area contributed by atoms with Crippen molar-refractivity contribution in [1.29, 1.82) is 0 Å². The Kier molecular flexibility index (Phi) is 7.27. The third kappa shape index (κ3) is 5.28. The lowest BCUT2D eigenvalue weighted by Gasteiger charge is -2.22. The number of hydrogen-bond acceptors (Lipinski definition) is 8. The number of benzene rings is 1. The van der Waals surface area contributed by atoms with Crippen LogP contribution in [0.1, 0.15) is 43.4 Å². The minimum absolute atomic E-state index is 0.0514. The van der Waals surface area contributed by atoms with Crippen LogP contribution in [-0.2, 0) is 10.0 Å². The zero-order valence-electron chi connectivity index (χ0n) is 19.8.